The van der Waals surface area contributed by atoms with Crippen molar-refractivity contribution in [3.8, 4) is 0 Å². The number of carbonyl (C=O) groups is 1. The van der Waals surface area contributed by atoms with Crippen molar-refractivity contribution in [3.05, 3.63) is 70.7 Å². The van der Waals surface area contributed by atoms with Crippen LogP contribution < -0.4 is 5.48 Å². The molecule has 0 aromatic heterocycles. The number of halogens is 1. The summed E-state index contributed by atoms with van der Waals surface area (Å²) >= 11 is 6.03. The fourth-order valence-electron chi connectivity index (χ4n) is 1.77. The van der Waals surface area contributed by atoms with E-state index in [2.05, 4.69) is 5.48 Å². The largest absolute Gasteiger partial charge is 0.273 e. The van der Waals surface area contributed by atoms with Gasteiger partial charge in [-0.1, -0.05) is 60.1 Å². The van der Waals surface area contributed by atoms with Crippen LogP contribution in [-0.4, -0.2) is 5.91 Å². The number of hydroxylamine groups is 1. The van der Waals surface area contributed by atoms with Crippen LogP contribution in [0.1, 0.15) is 17.5 Å². The Balaban J connectivity index is 1.70. The molecule has 0 bridgehead atoms. The number of hydrogen-bond donors (Lipinski definition) is 1. The number of aryl methyl sites for hydroxylation is 1. The smallest absolute Gasteiger partial charge is 0.243 e. The maximum Gasteiger partial charge on any atom is 0.243 e. The third-order valence-corrected chi connectivity index (χ3v) is 3.22. The molecule has 2 aromatic carbocycles. The molecule has 0 unspecified atom stereocenters. The first kappa shape index (κ1) is 14.6. The molecular formula is C16H16ClNO2. The monoisotopic (exact) mass is 289 g/mol. The van der Waals surface area contributed by atoms with E-state index in [1.54, 1.807) is 0 Å². The first-order valence-corrected chi connectivity index (χ1v) is 6.81. The SMILES string of the molecule is O=C(CCc1ccccc1Cl)NOCc1ccccc1. The minimum absolute atomic E-state index is 0.152. The Labute approximate surface area is 123 Å². The van der Waals surface area contributed by atoms with Crippen molar-refractivity contribution in [1.82, 2.24) is 5.48 Å². The topological polar surface area (TPSA) is 38.3 Å². The van der Waals surface area contributed by atoms with Crippen molar-refractivity contribution < 1.29 is 9.63 Å². The van der Waals surface area contributed by atoms with E-state index in [-0.39, 0.29) is 5.91 Å². The summed E-state index contributed by atoms with van der Waals surface area (Å²) in [5, 5.41) is 0.686. The number of amides is 1. The highest BCUT2D eigenvalue weighted by Gasteiger charge is 2.04. The predicted molar refractivity (Wildman–Crippen MR) is 79.1 cm³/mol. The van der Waals surface area contributed by atoms with Crippen molar-refractivity contribution in [2.45, 2.75) is 19.4 Å². The van der Waals surface area contributed by atoms with E-state index in [1.165, 1.54) is 0 Å². The van der Waals surface area contributed by atoms with Crippen molar-refractivity contribution >= 4 is 17.5 Å². The maximum atomic E-state index is 11.6. The highest BCUT2D eigenvalue weighted by Crippen LogP contribution is 2.16. The number of rotatable bonds is 6. The van der Waals surface area contributed by atoms with Crippen LogP contribution >= 0.6 is 11.6 Å². The van der Waals surface area contributed by atoms with Crippen LogP contribution in [0.2, 0.25) is 5.02 Å². The molecule has 0 fully saturated rings. The molecule has 0 aliphatic rings. The van der Waals surface area contributed by atoms with Gasteiger partial charge in [-0.2, -0.15) is 0 Å². The average molecular weight is 290 g/mol. The van der Waals surface area contributed by atoms with Gasteiger partial charge in [-0.25, -0.2) is 5.48 Å². The Bertz CT molecular complexity index is 557. The van der Waals surface area contributed by atoms with Crippen molar-refractivity contribution in [3.63, 3.8) is 0 Å². The van der Waals surface area contributed by atoms with E-state index in [9.17, 15) is 4.79 Å². The fraction of sp³-hybridized carbons (Fsp3) is 0.188. The molecule has 2 aromatic rings. The molecule has 0 atom stereocenters. The summed E-state index contributed by atoms with van der Waals surface area (Å²) in [6.07, 6.45) is 0.943. The summed E-state index contributed by atoms with van der Waals surface area (Å²) in [7, 11) is 0. The highest BCUT2D eigenvalue weighted by molar-refractivity contribution is 6.31. The zero-order chi connectivity index (χ0) is 14.2. The first-order chi connectivity index (χ1) is 9.75. The molecule has 0 saturated heterocycles. The first-order valence-electron chi connectivity index (χ1n) is 6.43. The summed E-state index contributed by atoms with van der Waals surface area (Å²) < 4.78 is 0. The Hall–Kier alpha value is -1.84. The number of nitrogens with one attached hydrogen (secondary N) is 1. The van der Waals surface area contributed by atoms with Crippen LogP contribution in [0, 0.1) is 0 Å². The third-order valence-electron chi connectivity index (χ3n) is 2.85. The van der Waals surface area contributed by atoms with Crippen LogP contribution in [0.4, 0.5) is 0 Å². The van der Waals surface area contributed by atoms with Crippen LogP contribution in [0.15, 0.2) is 54.6 Å². The standard InChI is InChI=1S/C16H16ClNO2/c17-15-9-5-4-8-14(15)10-11-16(19)18-20-12-13-6-2-1-3-7-13/h1-9H,10-12H2,(H,18,19). The van der Waals surface area contributed by atoms with Crippen LogP contribution in [0.3, 0.4) is 0 Å². The van der Waals surface area contributed by atoms with E-state index >= 15 is 0 Å². The van der Waals surface area contributed by atoms with Gasteiger partial charge in [0.25, 0.3) is 0 Å². The second-order valence-electron chi connectivity index (χ2n) is 4.39. The summed E-state index contributed by atoms with van der Waals surface area (Å²) in [6, 6.07) is 17.2. The summed E-state index contributed by atoms with van der Waals surface area (Å²) in [5.41, 5.74) is 4.42. The van der Waals surface area contributed by atoms with Crippen LogP contribution in [0.5, 0.6) is 0 Å². The Kier molecular flexibility index (Phi) is 5.59. The van der Waals surface area contributed by atoms with E-state index in [0.717, 1.165) is 11.1 Å². The lowest BCUT2D eigenvalue weighted by Gasteiger charge is -2.07. The Morgan fingerprint density at radius 2 is 1.75 bits per heavy atom. The molecule has 3 nitrogen and oxygen atoms in total. The molecule has 104 valence electrons. The van der Waals surface area contributed by atoms with E-state index < -0.39 is 0 Å². The summed E-state index contributed by atoms with van der Waals surface area (Å²) in [4.78, 5) is 16.8. The van der Waals surface area contributed by atoms with E-state index in [0.29, 0.717) is 24.5 Å². The van der Waals surface area contributed by atoms with Crippen molar-refractivity contribution in [2.75, 3.05) is 0 Å². The molecule has 0 aliphatic heterocycles. The zero-order valence-electron chi connectivity index (χ0n) is 11.0. The number of carbonyl (C=O) groups excluding carboxylic acids is 1. The second kappa shape index (κ2) is 7.68. The van der Waals surface area contributed by atoms with Gasteiger partial charge in [0, 0.05) is 11.4 Å². The number of hydrogen-bond acceptors (Lipinski definition) is 2. The van der Waals surface area contributed by atoms with Gasteiger partial charge >= 0.3 is 0 Å². The maximum absolute atomic E-state index is 11.6. The van der Waals surface area contributed by atoms with Gasteiger partial charge in [-0.15, -0.1) is 0 Å². The van der Waals surface area contributed by atoms with Gasteiger partial charge in [0.2, 0.25) is 5.91 Å². The third kappa shape index (κ3) is 4.68. The molecule has 0 spiro atoms. The molecule has 0 heterocycles. The second-order valence-corrected chi connectivity index (χ2v) is 4.80. The molecular weight excluding hydrogens is 274 g/mol. The molecule has 0 saturated carbocycles. The van der Waals surface area contributed by atoms with E-state index in [4.69, 9.17) is 16.4 Å². The van der Waals surface area contributed by atoms with E-state index in [1.807, 2.05) is 54.6 Å². The molecule has 0 radical (unpaired) electrons. The predicted octanol–water partition coefficient (Wildman–Crippen LogP) is 3.52. The molecule has 2 rings (SSSR count). The number of benzene rings is 2. The minimum atomic E-state index is -0.152. The fourth-order valence-corrected chi connectivity index (χ4v) is 2.00. The van der Waals surface area contributed by atoms with Crippen molar-refractivity contribution in [2.24, 2.45) is 0 Å². The van der Waals surface area contributed by atoms with Crippen molar-refractivity contribution in [1.29, 1.82) is 0 Å². The minimum Gasteiger partial charge on any atom is -0.273 e. The molecule has 1 N–H and O–H groups in total. The Morgan fingerprint density at radius 1 is 1.05 bits per heavy atom. The van der Waals surface area contributed by atoms with Gasteiger partial charge in [0.1, 0.15) is 0 Å². The highest BCUT2D eigenvalue weighted by atomic mass is 35.5. The lowest BCUT2D eigenvalue weighted by Crippen LogP contribution is -2.23. The molecule has 4 heteroatoms. The average Bonchev–Trinajstić information content (AvgIpc) is 2.47. The Morgan fingerprint density at radius 3 is 2.50 bits per heavy atom. The summed E-state index contributed by atoms with van der Waals surface area (Å²) in [5.74, 6) is -0.152. The van der Waals surface area contributed by atoms with Crippen LogP contribution in [-0.2, 0) is 22.7 Å². The van der Waals surface area contributed by atoms with Gasteiger partial charge in [-0.05, 0) is 23.6 Å². The van der Waals surface area contributed by atoms with Crippen LogP contribution in [0.25, 0.3) is 0 Å². The van der Waals surface area contributed by atoms with Gasteiger partial charge in [0.05, 0.1) is 6.61 Å². The molecule has 1 amide bonds. The van der Waals surface area contributed by atoms with Gasteiger partial charge < -0.3 is 0 Å². The molecule has 0 aliphatic carbocycles. The lowest BCUT2D eigenvalue weighted by molar-refractivity contribution is -0.134. The van der Waals surface area contributed by atoms with Gasteiger partial charge in [-0.3, -0.25) is 9.63 Å². The quantitative estimate of drug-likeness (QED) is 0.826. The zero-order valence-corrected chi connectivity index (χ0v) is 11.8. The normalized spacial score (nSPS) is 10.2. The lowest BCUT2D eigenvalue weighted by atomic mass is 10.1. The summed E-state index contributed by atoms with van der Waals surface area (Å²) in [6.45, 7) is 0.360. The molecule has 20 heavy (non-hydrogen) atoms. The van der Waals surface area contributed by atoms with Gasteiger partial charge in [0.15, 0.2) is 0 Å².